The first-order valence-electron chi connectivity index (χ1n) is 9.74. The third kappa shape index (κ3) is 6.79. The quantitative estimate of drug-likeness (QED) is 0.316. The maximum Gasteiger partial charge on any atom is 0.214 e. The van der Waals surface area contributed by atoms with Crippen molar-refractivity contribution >= 4 is 23.0 Å². The van der Waals surface area contributed by atoms with Crippen LogP contribution in [0.5, 0.6) is 5.88 Å². The van der Waals surface area contributed by atoms with Crippen LogP contribution in [0.2, 0.25) is 0 Å². The molecule has 0 radical (unpaired) electrons. The van der Waals surface area contributed by atoms with Crippen molar-refractivity contribution in [1.82, 2.24) is 14.8 Å². The molecule has 158 valence electrons. The number of benzene rings is 1. The van der Waals surface area contributed by atoms with Crippen LogP contribution in [0.1, 0.15) is 12.5 Å². The lowest BCUT2D eigenvalue weighted by Crippen LogP contribution is -2.21. The number of rotatable bonds is 13. The summed E-state index contributed by atoms with van der Waals surface area (Å²) in [7, 11) is 0. The van der Waals surface area contributed by atoms with E-state index < -0.39 is 0 Å². The summed E-state index contributed by atoms with van der Waals surface area (Å²) in [5.41, 5.74) is 1.86. The molecule has 0 saturated carbocycles. The van der Waals surface area contributed by atoms with Gasteiger partial charge in [-0.25, -0.2) is 14.5 Å². The van der Waals surface area contributed by atoms with E-state index in [2.05, 4.69) is 10.1 Å². The number of carbonyl (C=O) groups excluding carboxylic acids is 1. The fourth-order valence-corrected chi connectivity index (χ4v) is 2.70. The van der Waals surface area contributed by atoms with Crippen molar-refractivity contribution in [2.24, 2.45) is 0 Å². The van der Waals surface area contributed by atoms with Gasteiger partial charge in [0, 0.05) is 11.5 Å². The lowest BCUT2D eigenvalue weighted by molar-refractivity contribution is -0.0203. The number of fused-ring (bicyclic) bond motifs is 1. The second-order valence-electron chi connectivity index (χ2n) is 6.56. The van der Waals surface area contributed by atoms with Gasteiger partial charge in [0.25, 0.3) is 0 Å². The molecule has 0 aliphatic carbocycles. The van der Waals surface area contributed by atoms with Crippen LogP contribution in [0, 0.1) is 0 Å². The van der Waals surface area contributed by atoms with Gasteiger partial charge in [-0.1, -0.05) is 30.3 Å². The normalized spacial score (nSPS) is 11.9. The molecule has 0 spiro atoms. The van der Waals surface area contributed by atoms with Gasteiger partial charge in [0.15, 0.2) is 0 Å². The summed E-state index contributed by atoms with van der Waals surface area (Å²) in [6.07, 6.45) is 4.34. The van der Waals surface area contributed by atoms with Crippen LogP contribution in [-0.2, 0) is 25.6 Å². The largest absolute Gasteiger partial charge is 0.475 e. The predicted octanol–water partition coefficient (Wildman–Crippen LogP) is 2.75. The van der Waals surface area contributed by atoms with E-state index >= 15 is 0 Å². The fourth-order valence-electron chi connectivity index (χ4n) is 2.70. The minimum absolute atomic E-state index is 0.110. The third-order valence-electron chi connectivity index (χ3n) is 4.21. The fraction of sp³-hybridized carbons (Fsp3) is 0.364. The molecule has 8 heteroatoms. The Bertz CT molecular complexity index is 954. The van der Waals surface area contributed by atoms with E-state index in [1.165, 1.54) is 10.9 Å². The minimum atomic E-state index is -0.110. The zero-order chi connectivity index (χ0) is 21.0. The molecule has 1 aromatic carbocycles. The van der Waals surface area contributed by atoms with Crippen LogP contribution < -0.4 is 4.74 Å². The lowest BCUT2D eigenvalue weighted by atomic mass is 10.2. The number of ether oxygens (including phenoxy) is 4. The molecule has 3 aromatic rings. The Hall–Kier alpha value is -3.03. The summed E-state index contributed by atoms with van der Waals surface area (Å²) in [6, 6.07) is 11.8. The number of nitrogens with zero attached hydrogens (tertiary/aromatic N) is 3. The Kier molecular flexibility index (Phi) is 8.56. The summed E-state index contributed by atoms with van der Waals surface area (Å²) in [4.78, 5) is 14.7. The van der Waals surface area contributed by atoms with E-state index in [9.17, 15) is 4.79 Å². The molecule has 0 bridgehead atoms. The van der Waals surface area contributed by atoms with E-state index in [1.807, 2.05) is 37.3 Å². The molecule has 2 aromatic heterocycles. The Morgan fingerprint density at radius 3 is 2.73 bits per heavy atom. The maximum atomic E-state index is 10.5. The SMILES string of the molecule is C[C@@H](COc1cc2cnn(C=C=O)c2cn1)OCCOCCOCc1ccccc1. The summed E-state index contributed by atoms with van der Waals surface area (Å²) < 4.78 is 23.8. The van der Waals surface area contributed by atoms with Gasteiger partial charge in [0.2, 0.25) is 5.88 Å². The highest BCUT2D eigenvalue weighted by Gasteiger charge is 2.07. The van der Waals surface area contributed by atoms with E-state index in [0.717, 1.165) is 10.9 Å². The van der Waals surface area contributed by atoms with Gasteiger partial charge in [-0.3, -0.25) is 0 Å². The highest BCUT2D eigenvalue weighted by molar-refractivity contribution is 5.82. The second kappa shape index (κ2) is 11.8. The van der Waals surface area contributed by atoms with Crippen LogP contribution in [0.3, 0.4) is 0 Å². The smallest absolute Gasteiger partial charge is 0.214 e. The van der Waals surface area contributed by atoms with Crippen molar-refractivity contribution < 1.29 is 23.7 Å². The van der Waals surface area contributed by atoms with Gasteiger partial charge in [0.1, 0.15) is 18.7 Å². The topological polar surface area (TPSA) is 84.7 Å². The average Bonchev–Trinajstić information content (AvgIpc) is 3.17. The van der Waals surface area contributed by atoms with Crippen molar-refractivity contribution in [3.63, 3.8) is 0 Å². The van der Waals surface area contributed by atoms with Gasteiger partial charge < -0.3 is 18.9 Å². The predicted molar refractivity (Wildman–Crippen MR) is 112 cm³/mol. The van der Waals surface area contributed by atoms with Crippen LogP contribution in [0.4, 0.5) is 0 Å². The molecule has 8 nitrogen and oxygen atoms in total. The van der Waals surface area contributed by atoms with E-state index in [-0.39, 0.29) is 6.10 Å². The Morgan fingerprint density at radius 1 is 1.10 bits per heavy atom. The number of aromatic nitrogens is 3. The summed E-state index contributed by atoms with van der Waals surface area (Å²) in [5.74, 6) is 2.17. The second-order valence-corrected chi connectivity index (χ2v) is 6.56. The van der Waals surface area contributed by atoms with Crippen LogP contribution in [-0.4, -0.2) is 59.8 Å². The zero-order valence-corrected chi connectivity index (χ0v) is 16.9. The first kappa shape index (κ1) is 21.7. The van der Waals surface area contributed by atoms with Crippen LogP contribution in [0.25, 0.3) is 17.1 Å². The lowest BCUT2D eigenvalue weighted by Gasteiger charge is -2.14. The molecule has 2 heterocycles. The maximum absolute atomic E-state index is 10.5. The van der Waals surface area contributed by atoms with Gasteiger partial charge in [-0.15, -0.1) is 0 Å². The van der Waals surface area contributed by atoms with Crippen molar-refractivity contribution in [3.05, 3.63) is 54.4 Å². The molecule has 0 aliphatic rings. The summed E-state index contributed by atoms with van der Waals surface area (Å²) in [5, 5.41) is 4.89. The van der Waals surface area contributed by atoms with Crippen LogP contribution >= 0.6 is 0 Å². The van der Waals surface area contributed by atoms with E-state index in [4.69, 9.17) is 18.9 Å². The van der Waals surface area contributed by atoms with Crippen LogP contribution in [0.15, 0.2) is 48.8 Å². The van der Waals surface area contributed by atoms with Gasteiger partial charge in [-0.05, 0) is 12.5 Å². The minimum Gasteiger partial charge on any atom is -0.475 e. The first-order valence-corrected chi connectivity index (χ1v) is 9.74. The molecule has 0 aliphatic heterocycles. The standard InChI is InChI=1S/C22H25N3O5/c1-18(29-12-11-27-9-10-28-17-19-5-3-2-4-6-19)16-30-22-13-20-14-24-25(7-8-26)21(20)15-23-22/h2-7,13-15,18H,9-12,16-17H2,1H3/t18-/m0/s1. The molecular formula is C22H25N3O5. The number of hydrogen-bond acceptors (Lipinski definition) is 7. The highest BCUT2D eigenvalue weighted by atomic mass is 16.6. The molecule has 30 heavy (non-hydrogen) atoms. The molecule has 0 unspecified atom stereocenters. The van der Waals surface area contributed by atoms with Crippen molar-refractivity contribution in [1.29, 1.82) is 0 Å². The van der Waals surface area contributed by atoms with Crippen molar-refractivity contribution in [2.45, 2.75) is 19.6 Å². The molecule has 0 fully saturated rings. The molecule has 0 N–H and O–H groups in total. The molecule has 0 amide bonds. The van der Waals surface area contributed by atoms with E-state index in [0.29, 0.717) is 51.0 Å². The van der Waals surface area contributed by atoms with Crippen molar-refractivity contribution in [3.8, 4) is 5.88 Å². The van der Waals surface area contributed by atoms with Gasteiger partial charge in [-0.2, -0.15) is 5.10 Å². The first-order chi connectivity index (χ1) is 14.8. The Balaban J connectivity index is 1.26. The Morgan fingerprint density at radius 2 is 1.90 bits per heavy atom. The third-order valence-corrected chi connectivity index (χ3v) is 4.21. The number of pyridine rings is 1. The van der Waals surface area contributed by atoms with Gasteiger partial charge in [0.05, 0.1) is 57.0 Å². The zero-order valence-electron chi connectivity index (χ0n) is 16.9. The Labute approximate surface area is 175 Å². The number of hydrogen-bond donors (Lipinski definition) is 0. The molecular weight excluding hydrogens is 386 g/mol. The highest BCUT2D eigenvalue weighted by Crippen LogP contribution is 2.18. The average molecular weight is 411 g/mol. The molecule has 0 saturated heterocycles. The molecule has 1 atom stereocenters. The molecule has 3 rings (SSSR count). The summed E-state index contributed by atoms with van der Waals surface area (Å²) >= 11 is 0. The van der Waals surface area contributed by atoms with Gasteiger partial charge >= 0.3 is 0 Å². The van der Waals surface area contributed by atoms with Crippen molar-refractivity contribution in [2.75, 3.05) is 33.0 Å². The van der Waals surface area contributed by atoms with E-state index in [1.54, 1.807) is 24.4 Å². The monoisotopic (exact) mass is 411 g/mol. The summed E-state index contributed by atoms with van der Waals surface area (Å²) in [6.45, 7) is 4.91.